The van der Waals surface area contributed by atoms with Crippen LogP contribution < -0.4 is 5.32 Å². The predicted molar refractivity (Wildman–Crippen MR) is 105 cm³/mol. The topological polar surface area (TPSA) is 45.6 Å². The molecule has 4 rings (SSSR count). The second-order valence-electron chi connectivity index (χ2n) is 6.88. The van der Waals surface area contributed by atoms with Gasteiger partial charge in [-0.25, -0.2) is 0 Å². The Morgan fingerprint density at radius 1 is 1.23 bits per heavy atom. The molecule has 6 nitrogen and oxygen atoms in total. The van der Waals surface area contributed by atoms with Crippen molar-refractivity contribution in [3.63, 3.8) is 0 Å². The first kappa shape index (κ1) is 17.5. The lowest BCUT2D eigenvalue weighted by atomic mass is 9.99. The van der Waals surface area contributed by atoms with Gasteiger partial charge in [-0.1, -0.05) is 6.07 Å². The van der Waals surface area contributed by atoms with E-state index in [9.17, 15) is 0 Å². The minimum Gasteiger partial charge on any atom is -0.379 e. The van der Waals surface area contributed by atoms with Gasteiger partial charge in [0.25, 0.3) is 0 Å². The predicted octanol–water partition coefficient (Wildman–Crippen LogP) is 1.72. The minimum atomic E-state index is 0.0655. The lowest BCUT2D eigenvalue weighted by Crippen LogP contribution is -2.42. The smallest absolute Gasteiger partial charge is 0.170 e. The van der Waals surface area contributed by atoms with Crippen molar-refractivity contribution in [2.45, 2.75) is 12.1 Å². The van der Waals surface area contributed by atoms with Crippen molar-refractivity contribution in [2.75, 3.05) is 39.4 Å². The van der Waals surface area contributed by atoms with Gasteiger partial charge in [-0.2, -0.15) is 0 Å². The third-order valence-electron chi connectivity index (χ3n) is 5.15. The highest BCUT2D eigenvalue weighted by Gasteiger charge is 2.39. The van der Waals surface area contributed by atoms with E-state index in [2.05, 4.69) is 56.2 Å². The first-order chi connectivity index (χ1) is 12.7. The molecule has 2 atom stereocenters. The van der Waals surface area contributed by atoms with Crippen LogP contribution >= 0.6 is 12.2 Å². The summed E-state index contributed by atoms with van der Waals surface area (Å²) >= 11 is 5.71. The lowest BCUT2D eigenvalue weighted by Gasteiger charge is -2.31. The van der Waals surface area contributed by atoms with E-state index in [1.165, 1.54) is 5.56 Å². The third kappa shape index (κ3) is 3.60. The van der Waals surface area contributed by atoms with Gasteiger partial charge in [-0.15, -0.1) is 0 Å². The first-order valence-corrected chi connectivity index (χ1v) is 9.53. The van der Waals surface area contributed by atoms with E-state index < -0.39 is 0 Å². The zero-order chi connectivity index (χ0) is 17.9. The number of ether oxygens (including phenoxy) is 1. The molecular formula is C19H25N5OS. The number of aryl methyl sites for hydroxylation is 1. The number of nitrogens with zero attached hydrogens (tertiary/aromatic N) is 4. The fourth-order valence-electron chi connectivity index (χ4n) is 3.78. The minimum absolute atomic E-state index is 0.0655. The second kappa shape index (κ2) is 7.73. The number of aromatic nitrogens is 2. The summed E-state index contributed by atoms with van der Waals surface area (Å²) in [7, 11) is 2.05. The van der Waals surface area contributed by atoms with Crippen LogP contribution in [0, 0.1) is 0 Å². The SMILES string of the molecule is Cn1ccc([C@H]2[C@@H](c3ccccn3)NC(=S)N2CCN2CCOCC2)c1. The number of hydrogen-bond donors (Lipinski definition) is 1. The van der Waals surface area contributed by atoms with Crippen molar-refractivity contribution in [3.05, 3.63) is 54.1 Å². The molecule has 2 aliphatic heterocycles. The summed E-state index contributed by atoms with van der Waals surface area (Å²) in [5.74, 6) is 0. The average molecular weight is 372 g/mol. The monoisotopic (exact) mass is 371 g/mol. The van der Waals surface area contributed by atoms with Gasteiger partial charge >= 0.3 is 0 Å². The van der Waals surface area contributed by atoms with E-state index in [1.807, 2.05) is 18.3 Å². The zero-order valence-electron chi connectivity index (χ0n) is 15.0. The Balaban J connectivity index is 1.57. The maximum absolute atomic E-state index is 5.71. The van der Waals surface area contributed by atoms with Gasteiger partial charge < -0.3 is 19.5 Å². The number of thiocarbonyl (C=S) groups is 1. The molecule has 26 heavy (non-hydrogen) atoms. The summed E-state index contributed by atoms with van der Waals surface area (Å²) in [6.45, 7) is 5.52. The molecule has 2 aliphatic rings. The number of rotatable bonds is 5. The molecule has 2 aromatic rings. The van der Waals surface area contributed by atoms with E-state index in [0.29, 0.717) is 0 Å². The van der Waals surface area contributed by atoms with Gasteiger partial charge in [-0.3, -0.25) is 9.88 Å². The van der Waals surface area contributed by atoms with Crippen LogP contribution in [-0.2, 0) is 11.8 Å². The number of morpholine rings is 1. The normalized spacial score (nSPS) is 24.0. The quantitative estimate of drug-likeness (QED) is 0.808. The van der Waals surface area contributed by atoms with E-state index in [-0.39, 0.29) is 12.1 Å². The van der Waals surface area contributed by atoms with Gasteiger partial charge in [0.1, 0.15) is 0 Å². The first-order valence-electron chi connectivity index (χ1n) is 9.12. The molecule has 2 aromatic heterocycles. The molecule has 7 heteroatoms. The van der Waals surface area contributed by atoms with Gasteiger partial charge in [0.2, 0.25) is 0 Å². The summed E-state index contributed by atoms with van der Waals surface area (Å²) in [4.78, 5) is 9.35. The maximum atomic E-state index is 5.71. The van der Waals surface area contributed by atoms with Crippen molar-refractivity contribution in [2.24, 2.45) is 7.05 Å². The molecule has 138 valence electrons. The lowest BCUT2D eigenvalue weighted by molar-refractivity contribution is 0.0350. The van der Waals surface area contributed by atoms with Crippen LogP contribution in [-0.4, -0.2) is 63.9 Å². The number of hydrogen-bond acceptors (Lipinski definition) is 4. The Labute approximate surface area is 159 Å². The van der Waals surface area contributed by atoms with Gasteiger partial charge in [0.15, 0.2) is 5.11 Å². The van der Waals surface area contributed by atoms with Gasteiger partial charge in [-0.05, 0) is 36.0 Å². The molecule has 0 bridgehead atoms. The standard InChI is InChI=1S/C19H25N5OS/c1-22-7-5-15(14-22)18-17(16-4-2-3-6-20-16)21-19(26)24(18)9-8-23-10-12-25-13-11-23/h2-7,14,17-18H,8-13H2,1H3,(H,21,26)/t17-,18+/m1/s1. The highest BCUT2D eigenvalue weighted by Crippen LogP contribution is 2.38. The maximum Gasteiger partial charge on any atom is 0.170 e. The molecule has 1 N–H and O–H groups in total. The van der Waals surface area contributed by atoms with Crippen molar-refractivity contribution in [1.29, 1.82) is 0 Å². The van der Waals surface area contributed by atoms with Crippen LogP contribution in [0.25, 0.3) is 0 Å². The Bertz CT molecular complexity index is 743. The molecule has 0 aliphatic carbocycles. The van der Waals surface area contributed by atoms with Gasteiger partial charge in [0.05, 0.1) is 31.0 Å². The Morgan fingerprint density at radius 3 is 2.77 bits per heavy atom. The fourth-order valence-corrected chi connectivity index (χ4v) is 4.12. The Kier molecular flexibility index (Phi) is 5.19. The third-order valence-corrected chi connectivity index (χ3v) is 5.51. The van der Waals surface area contributed by atoms with Crippen molar-refractivity contribution in [1.82, 2.24) is 24.7 Å². The summed E-state index contributed by atoms with van der Waals surface area (Å²) in [6, 6.07) is 8.45. The van der Waals surface area contributed by atoms with Crippen LogP contribution in [0.15, 0.2) is 42.9 Å². The van der Waals surface area contributed by atoms with Crippen molar-refractivity contribution < 1.29 is 4.74 Å². The number of nitrogens with one attached hydrogen (secondary N) is 1. The van der Waals surface area contributed by atoms with E-state index in [4.69, 9.17) is 17.0 Å². The van der Waals surface area contributed by atoms with Gasteiger partial charge in [0, 0.05) is 51.8 Å². The molecule has 0 spiro atoms. The van der Waals surface area contributed by atoms with Crippen LogP contribution in [0.3, 0.4) is 0 Å². The largest absolute Gasteiger partial charge is 0.379 e. The fraction of sp³-hybridized carbons (Fsp3) is 0.474. The molecule has 0 amide bonds. The summed E-state index contributed by atoms with van der Waals surface area (Å²) in [6.07, 6.45) is 6.11. The molecule has 0 radical (unpaired) electrons. The summed E-state index contributed by atoms with van der Waals surface area (Å²) in [5, 5.41) is 4.32. The average Bonchev–Trinajstić information content (AvgIpc) is 3.24. The highest BCUT2D eigenvalue weighted by atomic mass is 32.1. The van der Waals surface area contributed by atoms with E-state index in [1.54, 1.807) is 0 Å². The van der Waals surface area contributed by atoms with Crippen LogP contribution in [0.4, 0.5) is 0 Å². The van der Waals surface area contributed by atoms with Crippen LogP contribution in [0.1, 0.15) is 23.3 Å². The highest BCUT2D eigenvalue weighted by molar-refractivity contribution is 7.80. The second-order valence-corrected chi connectivity index (χ2v) is 7.27. The zero-order valence-corrected chi connectivity index (χ0v) is 15.9. The molecule has 2 fully saturated rings. The Hall–Kier alpha value is -1.96. The molecule has 0 unspecified atom stereocenters. The van der Waals surface area contributed by atoms with E-state index >= 15 is 0 Å². The van der Waals surface area contributed by atoms with Crippen molar-refractivity contribution >= 4 is 17.3 Å². The Morgan fingerprint density at radius 2 is 2.08 bits per heavy atom. The molecular weight excluding hydrogens is 346 g/mol. The van der Waals surface area contributed by atoms with Crippen molar-refractivity contribution in [3.8, 4) is 0 Å². The summed E-state index contributed by atoms with van der Waals surface area (Å²) < 4.78 is 7.55. The summed E-state index contributed by atoms with van der Waals surface area (Å²) in [5.41, 5.74) is 2.29. The number of pyridine rings is 1. The van der Waals surface area contributed by atoms with Crippen LogP contribution in [0.5, 0.6) is 0 Å². The van der Waals surface area contributed by atoms with Crippen LogP contribution in [0.2, 0.25) is 0 Å². The molecule has 4 heterocycles. The molecule has 0 saturated carbocycles. The molecule has 0 aromatic carbocycles. The molecule has 2 saturated heterocycles. The van der Waals surface area contributed by atoms with E-state index in [0.717, 1.165) is 50.2 Å².